The topological polar surface area (TPSA) is 75.3 Å². The van der Waals surface area contributed by atoms with Crippen LogP contribution in [-0.2, 0) is 17.8 Å². The highest BCUT2D eigenvalue weighted by Gasteiger charge is 2.10. The van der Waals surface area contributed by atoms with Crippen LogP contribution < -0.4 is 11.1 Å². The van der Waals surface area contributed by atoms with Gasteiger partial charge in [0.25, 0.3) is 0 Å². The monoisotopic (exact) mass is 264 g/mol. The molecular formula is C15H24N2O2. The molecule has 1 aromatic carbocycles. The van der Waals surface area contributed by atoms with Crippen LogP contribution in [-0.4, -0.2) is 24.2 Å². The van der Waals surface area contributed by atoms with Crippen molar-refractivity contribution in [2.24, 2.45) is 11.7 Å². The molecule has 1 unspecified atom stereocenters. The maximum absolute atomic E-state index is 11.9. The van der Waals surface area contributed by atoms with E-state index in [-0.39, 0.29) is 12.5 Å². The Morgan fingerprint density at radius 2 is 2.05 bits per heavy atom. The average Bonchev–Trinajstić information content (AvgIpc) is 2.44. The lowest BCUT2D eigenvalue weighted by molar-refractivity contribution is -0.120. The maximum Gasteiger partial charge on any atom is 0.224 e. The molecule has 0 bridgehead atoms. The van der Waals surface area contributed by atoms with Crippen molar-refractivity contribution in [2.75, 3.05) is 13.2 Å². The fourth-order valence-electron chi connectivity index (χ4n) is 2.06. The number of amides is 1. The van der Waals surface area contributed by atoms with E-state index in [0.717, 1.165) is 24.0 Å². The number of hydrogen-bond acceptors (Lipinski definition) is 3. The Morgan fingerprint density at radius 3 is 2.63 bits per heavy atom. The predicted molar refractivity (Wildman–Crippen MR) is 76.5 cm³/mol. The van der Waals surface area contributed by atoms with Crippen molar-refractivity contribution in [1.29, 1.82) is 0 Å². The van der Waals surface area contributed by atoms with Crippen LogP contribution >= 0.6 is 0 Å². The van der Waals surface area contributed by atoms with Crippen molar-refractivity contribution in [3.05, 3.63) is 35.4 Å². The van der Waals surface area contributed by atoms with Gasteiger partial charge in [0.05, 0.1) is 6.42 Å². The zero-order valence-corrected chi connectivity index (χ0v) is 11.6. The molecule has 0 aromatic heterocycles. The molecule has 106 valence electrons. The minimum Gasteiger partial charge on any atom is -0.396 e. The van der Waals surface area contributed by atoms with E-state index in [1.54, 1.807) is 0 Å². The lowest BCUT2D eigenvalue weighted by Crippen LogP contribution is -2.31. The summed E-state index contributed by atoms with van der Waals surface area (Å²) in [5.41, 5.74) is 7.65. The Morgan fingerprint density at radius 1 is 1.37 bits per heavy atom. The lowest BCUT2D eigenvalue weighted by atomic mass is 10.0. The molecule has 1 amide bonds. The van der Waals surface area contributed by atoms with Crippen LogP contribution in [0.5, 0.6) is 0 Å². The van der Waals surface area contributed by atoms with Crippen molar-refractivity contribution in [2.45, 2.75) is 32.7 Å². The first-order valence-corrected chi connectivity index (χ1v) is 6.85. The molecule has 0 saturated carbocycles. The zero-order valence-electron chi connectivity index (χ0n) is 11.6. The molecule has 0 aliphatic heterocycles. The van der Waals surface area contributed by atoms with Crippen LogP contribution in [0.1, 0.15) is 30.9 Å². The summed E-state index contributed by atoms with van der Waals surface area (Å²) in [4.78, 5) is 11.9. The minimum atomic E-state index is 0.0114. The van der Waals surface area contributed by atoms with Gasteiger partial charge in [-0.1, -0.05) is 37.6 Å². The Kier molecular flexibility index (Phi) is 7.15. The normalized spacial score (nSPS) is 12.2. The Bertz CT molecular complexity index is 393. The minimum absolute atomic E-state index is 0.0114. The molecule has 1 rings (SSSR count). The lowest BCUT2D eigenvalue weighted by Gasteiger charge is -2.14. The van der Waals surface area contributed by atoms with E-state index < -0.39 is 0 Å². The summed E-state index contributed by atoms with van der Waals surface area (Å²) in [7, 11) is 0. The van der Waals surface area contributed by atoms with Gasteiger partial charge in [-0.15, -0.1) is 0 Å². The summed E-state index contributed by atoms with van der Waals surface area (Å²) in [5.74, 6) is 0.357. The van der Waals surface area contributed by atoms with Gasteiger partial charge in [-0.2, -0.15) is 0 Å². The third kappa shape index (κ3) is 5.41. The summed E-state index contributed by atoms with van der Waals surface area (Å²) < 4.78 is 0. The van der Waals surface area contributed by atoms with E-state index in [1.807, 2.05) is 24.3 Å². The van der Waals surface area contributed by atoms with Crippen LogP contribution in [0.25, 0.3) is 0 Å². The van der Waals surface area contributed by atoms with Crippen LogP contribution in [0.15, 0.2) is 24.3 Å². The second-order valence-electron chi connectivity index (χ2n) is 4.74. The van der Waals surface area contributed by atoms with Gasteiger partial charge >= 0.3 is 0 Å². The zero-order chi connectivity index (χ0) is 14.1. The molecule has 0 fully saturated rings. The fraction of sp³-hybridized carbons (Fsp3) is 0.533. The van der Waals surface area contributed by atoms with E-state index in [4.69, 9.17) is 10.8 Å². The summed E-state index contributed by atoms with van der Waals surface area (Å²) in [6, 6.07) is 7.73. The largest absolute Gasteiger partial charge is 0.396 e. The average molecular weight is 264 g/mol. The Balaban J connectivity index is 2.46. The Labute approximate surface area is 115 Å². The summed E-state index contributed by atoms with van der Waals surface area (Å²) >= 11 is 0. The van der Waals surface area contributed by atoms with Crippen molar-refractivity contribution in [3.8, 4) is 0 Å². The molecule has 1 atom stereocenters. The molecular weight excluding hydrogens is 240 g/mol. The van der Waals surface area contributed by atoms with Gasteiger partial charge in [-0.3, -0.25) is 4.79 Å². The van der Waals surface area contributed by atoms with Gasteiger partial charge in [-0.05, 0) is 23.5 Å². The number of aliphatic hydroxyl groups is 1. The summed E-state index contributed by atoms with van der Waals surface area (Å²) in [6.07, 6.45) is 2.05. The quantitative estimate of drug-likeness (QED) is 0.660. The van der Waals surface area contributed by atoms with Gasteiger partial charge in [0.2, 0.25) is 5.91 Å². The number of rotatable bonds is 8. The molecule has 0 spiro atoms. The number of aliphatic hydroxyl groups excluding tert-OH is 1. The SMILES string of the molecule is CCC(CCO)CNC(=O)Cc1ccccc1CN. The van der Waals surface area contributed by atoms with Gasteiger partial charge < -0.3 is 16.2 Å². The van der Waals surface area contributed by atoms with Gasteiger partial charge in [0.15, 0.2) is 0 Å². The molecule has 0 aliphatic rings. The molecule has 4 heteroatoms. The van der Waals surface area contributed by atoms with Crippen molar-refractivity contribution >= 4 is 5.91 Å². The molecule has 4 nitrogen and oxygen atoms in total. The van der Waals surface area contributed by atoms with Crippen molar-refractivity contribution < 1.29 is 9.90 Å². The highest BCUT2D eigenvalue weighted by Crippen LogP contribution is 2.09. The first kappa shape index (κ1) is 15.7. The number of hydrogen-bond donors (Lipinski definition) is 3. The molecule has 4 N–H and O–H groups in total. The molecule has 0 saturated heterocycles. The molecule has 1 aromatic rings. The van der Waals surface area contributed by atoms with Crippen molar-refractivity contribution in [1.82, 2.24) is 5.32 Å². The van der Waals surface area contributed by atoms with Gasteiger partial charge in [0.1, 0.15) is 0 Å². The first-order chi connectivity index (χ1) is 9.21. The van der Waals surface area contributed by atoms with E-state index >= 15 is 0 Å². The molecule has 0 heterocycles. The van der Waals surface area contributed by atoms with E-state index in [0.29, 0.717) is 25.4 Å². The van der Waals surface area contributed by atoms with Crippen LogP contribution in [0.3, 0.4) is 0 Å². The number of nitrogens with two attached hydrogens (primary N) is 1. The third-order valence-corrected chi connectivity index (χ3v) is 3.39. The second-order valence-corrected chi connectivity index (χ2v) is 4.74. The van der Waals surface area contributed by atoms with Gasteiger partial charge in [0, 0.05) is 19.7 Å². The van der Waals surface area contributed by atoms with Gasteiger partial charge in [-0.25, -0.2) is 0 Å². The highest BCUT2D eigenvalue weighted by atomic mass is 16.3. The summed E-state index contributed by atoms with van der Waals surface area (Å²) in [5, 5.41) is 11.8. The van der Waals surface area contributed by atoms with Crippen LogP contribution in [0.4, 0.5) is 0 Å². The van der Waals surface area contributed by atoms with E-state index in [2.05, 4.69) is 12.2 Å². The highest BCUT2D eigenvalue weighted by molar-refractivity contribution is 5.78. The van der Waals surface area contributed by atoms with E-state index in [1.165, 1.54) is 0 Å². The second kappa shape index (κ2) is 8.67. The molecule has 19 heavy (non-hydrogen) atoms. The number of nitrogens with one attached hydrogen (secondary N) is 1. The number of carbonyl (C=O) groups is 1. The third-order valence-electron chi connectivity index (χ3n) is 3.39. The van der Waals surface area contributed by atoms with E-state index in [9.17, 15) is 4.79 Å². The Hall–Kier alpha value is -1.39. The first-order valence-electron chi connectivity index (χ1n) is 6.85. The molecule has 0 radical (unpaired) electrons. The van der Waals surface area contributed by atoms with Crippen LogP contribution in [0, 0.1) is 5.92 Å². The number of carbonyl (C=O) groups excluding carboxylic acids is 1. The standard InChI is InChI=1S/C15H24N2O2/c1-2-12(7-8-18)11-17-15(19)9-13-5-3-4-6-14(13)10-16/h3-6,12,18H,2,7-11,16H2,1H3,(H,17,19). The molecule has 0 aliphatic carbocycles. The number of benzene rings is 1. The predicted octanol–water partition coefficient (Wildman–Crippen LogP) is 1.21. The smallest absolute Gasteiger partial charge is 0.224 e. The fourth-order valence-corrected chi connectivity index (χ4v) is 2.06. The summed E-state index contributed by atoms with van der Waals surface area (Å²) in [6.45, 7) is 3.31. The maximum atomic E-state index is 11.9. The van der Waals surface area contributed by atoms with Crippen LogP contribution in [0.2, 0.25) is 0 Å². The van der Waals surface area contributed by atoms with Crippen molar-refractivity contribution in [3.63, 3.8) is 0 Å².